The highest BCUT2D eigenvalue weighted by atomic mass is 19.4. The van der Waals surface area contributed by atoms with Crippen LogP contribution in [0.2, 0.25) is 0 Å². The van der Waals surface area contributed by atoms with Gasteiger partial charge in [-0.2, -0.15) is 13.2 Å². The van der Waals surface area contributed by atoms with E-state index in [1.54, 1.807) is 0 Å². The Morgan fingerprint density at radius 1 is 1.16 bits per heavy atom. The van der Waals surface area contributed by atoms with Gasteiger partial charge in [0.1, 0.15) is 5.75 Å². The minimum Gasteiger partial charge on any atom is -0.493 e. The molecule has 0 amide bonds. The molecule has 2 rings (SSSR count). The van der Waals surface area contributed by atoms with Crippen LogP contribution in [0.25, 0.3) is 0 Å². The molecule has 0 aromatic heterocycles. The fourth-order valence-electron chi connectivity index (χ4n) is 2.58. The van der Waals surface area contributed by atoms with E-state index in [2.05, 4.69) is 0 Å². The van der Waals surface area contributed by atoms with Gasteiger partial charge in [-0.1, -0.05) is 12.1 Å². The highest BCUT2D eigenvalue weighted by Gasteiger charge is 2.41. The van der Waals surface area contributed by atoms with Crippen LogP contribution in [0.5, 0.6) is 5.75 Å². The average Bonchev–Trinajstić information content (AvgIpc) is 2.36. The second-order valence-corrected chi connectivity index (χ2v) is 5.39. The van der Waals surface area contributed by atoms with Crippen molar-refractivity contribution in [3.8, 4) is 5.75 Å². The number of hydrogen-bond donors (Lipinski definition) is 0. The lowest BCUT2D eigenvalue weighted by Crippen LogP contribution is -2.29. The van der Waals surface area contributed by atoms with Crippen molar-refractivity contribution in [2.45, 2.75) is 38.8 Å². The number of rotatable bonds is 3. The van der Waals surface area contributed by atoms with Gasteiger partial charge >= 0.3 is 6.18 Å². The van der Waals surface area contributed by atoms with Gasteiger partial charge in [-0.15, -0.1) is 0 Å². The topological polar surface area (TPSA) is 9.23 Å². The highest BCUT2D eigenvalue weighted by molar-refractivity contribution is 5.27. The largest absolute Gasteiger partial charge is 0.493 e. The van der Waals surface area contributed by atoms with Crippen LogP contribution in [0.4, 0.5) is 13.2 Å². The highest BCUT2D eigenvalue weighted by Crippen LogP contribution is 2.39. The molecular weight excluding hydrogens is 253 g/mol. The van der Waals surface area contributed by atoms with Crippen molar-refractivity contribution in [3.63, 3.8) is 0 Å². The summed E-state index contributed by atoms with van der Waals surface area (Å²) in [5.41, 5.74) is 1.12. The number of halogens is 3. The summed E-state index contributed by atoms with van der Waals surface area (Å²) in [4.78, 5) is 0. The van der Waals surface area contributed by atoms with Crippen LogP contribution in [0.3, 0.4) is 0 Å². The van der Waals surface area contributed by atoms with Gasteiger partial charge in [0.05, 0.1) is 12.5 Å². The van der Waals surface area contributed by atoms with Crippen LogP contribution < -0.4 is 4.74 Å². The molecule has 1 saturated carbocycles. The first-order valence-electron chi connectivity index (χ1n) is 6.71. The third-order valence-electron chi connectivity index (χ3n) is 3.78. The molecule has 1 aromatic rings. The molecule has 0 aliphatic heterocycles. The van der Waals surface area contributed by atoms with Crippen LogP contribution in [0, 0.1) is 18.8 Å². The summed E-state index contributed by atoms with van der Waals surface area (Å²) >= 11 is 0. The van der Waals surface area contributed by atoms with E-state index >= 15 is 0 Å². The number of alkyl halides is 3. The van der Waals surface area contributed by atoms with E-state index in [0.717, 1.165) is 11.3 Å². The molecule has 0 N–H and O–H groups in total. The van der Waals surface area contributed by atoms with E-state index in [1.165, 1.54) is 0 Å². The van der Waals surface area contributed by atoms with Crippen molar-refractivity contribution >= 4 is 0 Å². The Hall–Kier alpha value is -1.19. The molecule has 19 heavy (non-hydrogen) atoms. The Bertz CT molecular complexity index is 406. The van der Waals surface area contributed by atoms with Gasteiger partial charge in [-0.25, -0.2) is 0 Å². The predicted octanol–water partition coefficient (Wildman–Crippen LogP) is 4.74. The van der Waals surface area contributed by atoms with E-state index < -0.39 is 12.1 Å². The average molecular weight is 272 g/mol. The van der Waals surface area contributed by atoms with E-state index in [-0.39, 0.29) is 18.8 Å². The van der Waals surface area contributed by atoms with Crippen molar-refractivity contribution in [2.24, 2.45) is 11.8 Å². The molecular formula is C15H19F3O. The maximum Gasteiger partial charge on any atom is 0.391 e. The zero-order valence-corrected chi connectivity index (χ0v) is 11.0. The Balaban J connectivity index is 1.77. The molecule has 1 aliphatic carbocycles. The van der Waals surface area contributed by atoms with Gasteiger partial charge < -0.3 is 4.74 Å². The van der Waals surface area contributed by atoms with E-state index in [9.17, 15) is 13.2 Å². The number of benzene rings is 1. The summed E-state index contributed by atoms with van der Waals surface area (Å²) in [7, 11) is 0. The fourth-order valence-corrected chi connectivity index (χ4v) is 2.58. The van der Waals surface area contributed by atoms with Crippen LogP contribution in [0.15, 0.2) is 24.3 Å². The number of ether oxygens (including phenoxy) is 1. The third-order valence-corrected chi connectivity index (χ3v) is 3.78. The SMILES string of the molecule is Cc1cccc(OCC2CCC(C(F)(F)F)CC2)c1. The van der Waals surface area contributed by atoms with Crippen LogP contribution >= 0.6 is 0 Å². The van der Waals surface area contributed by atoms with Crippen LogP contribution in [0.1, 0.15) is 31.2 Å². The summed E-state index contributed by atoms with van der Waals surface area (Å²) < 4.78 is 43.3. The second kappa shape index (κ2) is 5.85. The fraction of sp³-hybridized carbons (Fsp3) is 0.600. The first-order chi connectivity index (χ1) is 8.95. The zero-order valence-electron chi connectivity index (χ0n) is 11.0. The molecule has 0 spiro atoms. The normalized spacial score (nSPS) is 24.2. The monoisotopic (exact) mass is 272 g/mol. The minimum atomic E-state index is -4.03. The first kappa shape index (κ1) is 14.2. The third kappa shape index (κ3) is 4.15. The van der Waals surface area contributed by atoms with Crippen LogP contribution in [-0.4, -0.2) is 12.8 Å². The van der Waals surface area contributed by atoms with Gasteiger partial charge in [0.15, 0.2) is 0 Å². The molecule has 1 aliphatic rings. The Morgan fingerprint density at radius 2 is 1.84 bits per heavy atom. The van der Waals surface area contributed by atoms with Crippen molar-refractivity contribution < 1.29 is 17.9 Å². The maximum absolute atomic E-state index is 12.5. The standard InChI is InChI=1S/C15H19F3O/c1-11-3-2-4-14(9-11)19-10-12-5-7-13(8-6-12)15(16,17)18/h2-4,9,12-13H,5-8,10H2,1H3. The molecule has 106 valence electrons. The Labute approximate surface area is 111 Å². The van der Waals surface area contributed by atoms with Gasteiger partial charge in [0, 0.05) is 0 Å². The second-order valence-electron chi connectivity index (χ2n) is 5.39. The van der Waals surface area contributed by atoms with Crippen molar-refractivity contribution in [1.29, 1.82) is 0 Å². The summed E-state index contributed by atoms with van der Waals surface area (Å²) in [6.07, 6.45) is -2.33. The Morgan fingerprint density at radius 3 is 2.42 bits per heavy atom. The molecule has 0 heterocycles. The van der Waals surface area contributed by atoms with E-state index in [0.29, 0.717) is 19.4 Å². The van der Waals surface area contributed by atoms with Crippen LogP contribution in [-0.2, 0) is 0 Å². The van der Waals surface area contributed by atoms with Gasteiger partial charge in [0.2, 0.25) is 0 Å². The summed E-state index contributed by atoms with van der Waals surface area (Å²) in [5, 5.41) is 0. The molecule has 0 radical (unpaired) electrons. The molecule has 1 fully saturated rings. The summed E-state index contributed by atoms with van der Waals surface area (Å²) in [6, 6.07) is 7.74. The predicted molar refractivity (Wildman–Crippen MR) is 68.2 cm³/mol. The molecule has 0 unspecified atom stereocenters. The van der Waals surface area contributed by atoms with Gasteiger partial charge in [-0.05, 0) is 56.2 Å². The lowest BCUT2D eigenvalue weighted by Gasteiger charge is -2.29. The lowest BCUT2D eigenvalue weighted by atomic mass is 9.82. The molecule has 1 nitrogen and oxygen atoms in total. The first-order valence-corrected chi connectivity index (χ1v) is 6.71. The quantitative estimate of drug-likeness (QED) is 0.772. The molecule has 4 heteroatoms. The molecule has 0 atom stereocenters. The number of aryl methyl sites for hydroxylation is 1. The lowest BCUT2D eigenvalue weighted by molar-refractivity contribution is -0.184. The molecule has 0 bridgehead atoms. The van der Waals surface area contributed by atoms with E-state index in [1.807, 2.05) is 31.2 Å². The number of hydrogen-bond acceptors (Lipinski definition) is 1. The van der Waals surface area contributed by atoms with Gasteiger partial charge in [-0.3, -0.25) is 0 Å². The van der Waals surface area contributed by atoms with E-state index in [4.69, 9.17) is 4.74 Å². The van der Waals surface area contributed by atoms with Crippen molar-refractivity contribution in [1.82, 2.24) is 0 Å². The maximum atomic E-state index is 12.5. The smallest absolute Gasteiger partial charge is 0.391 e. The molecule has 0 saturated heterocycles. The minimum absolute atomic E-state index is 0.241. The Kier molecular flexibility index (Phi) is 4.38. The van der Waals surface area contributed by atoms with Crippen molar-refractivity contribution in [3.05, 3.63) is 29.8 Å². The van der Waals surface area contributed by atoms with Crippen molar-refractivity contribution in [2.75, 3.05) is 6.61 Å². The summed E-state index contributed by atoms with van der Waals surface area (Å²) in [6.45, 7) is 2.51. The molecule has 1 aromatic carbocycles. The zero-order chi connectivity index (χ0) is 13.9. The summed E-state index contributed by atoms with van der Waals surface area (Å²) in [5.74, 6) is -0.0558. The van der Waals surface area contributed by atoms with Gasteiger partial charge in [0.25, 0.3) is 0 Å².